The van der Waals surface area contributed by atoms with Crippen molar-refractivity contribution in [1.82, 2.24) is 0 Å². The highest BCUT2D eigenvalue weighted by atomic mass is 31.1. The first-order chi connectivity index (χ1) is 11.4. The Morgan fingerprint density at radius 1 is 0.478 bits per heavy atom. The Balaban J connectivity index is 2.92. The van der Waals surface area contributed by atoms with E-state index in [2.05, 4.69) is 6.92 Å². The highest BCUT2D eigenvalue weighted by Gasteiger charge is 1.95. The summed E-state index contributed by atoms with van der Waals surface area (Å²) in [5, 5.41) is 0. The third-order valence-electron chi connectivity index (χ3n) is 4.76. The predicted molar refractivity (Wildman–Crippen MR) is 111 cm³/mol. The molecule has 0 amide bonds. The first-order valence-corrected chi connectivity index (χ1v) is 12.2. The Kier molecular flexibility index (Phi) is 22.8. The highest BCUT2D eigenvalue weighted by Crippen LogP contribution is 2.16. The van der Waals surface area contributed by atoms with E-state index in [0.29, 0.717) is 0 Å². The van der Waals surface area contributed by atoms with Crippen LogP contribution >= 0.6 is 8.58 Å². The molecule has 0 radical (unpaired) electrons. The minimum Gasteiger partial charge on any atom is -0.330 e. The van der Waals surface area contributed by atoms with Crippen molar-refractivity contribution < 1.29 is 0 Å². The zero-order chi connectivity index (χ0) is 16.8. The molecular formula is C21H46NP. The van der Waals surface area contributed by atoms with Crippen LogP contribution in [0.2, 0.25) is 0 Å². The van der Waals surface area contributed by atoms with Gasteiger partial charge in [0, 0.05) is 0 Å². The summed E-state index contributed by atoms with van der Waals surface area (Å²) in [6.07, 6.45) is 27.5. The lowest BCUT2D eigenvalue weighted by molar-refractivity contribution is 0.531. The van der Waals surface area contributed by atoms with Gasteiger partial charge in [-0.05, 0) is 31.7 Å². The van der Waals surface area contributed by atoms with Crippen LogP contribution in [-0.4, -0.2) is 18.9 Å². The third kappa shape index (κ3) is 22.4. The highest BCUT2D eigenvalue weighted by molar-refractivity contribution is 7.37. The second kappa shape index (κ2) is 22.4. The van der Waals surface area contributed by atoms with Gasteiger partial charge in [0.15, 0.2) is 0 Å². The first-order valence-electron chi connectivity index (χ1n) is 10.8. The van der Waals surface area contributed by atoms with E-state index < -0.39 is 0 Å². The summed E-state index contributed by atoms with van der Waals surface area (Å²) in [6, 6.07) is 0. The molecule has 1 unspecified atom stereocenters. The Bertz CT molecular complexity index is 176. The molecule has 2 heteroatoms. The molecule has 0 aromatic rings. The van der Waals surface area contributed by atoms with Gasteiger partial charge < -0.3 is 5.73 Å². The average molecular weight is 344 g/mol. The smallest absolute Gasteiger partial charge is 0.00740 e. The van der Waals surface area contributed by atoms with Gasteiger partial charge in [-0.25, -0.2) is 0 Å². The van der Waals surface area contributed by atoms with Crippen molar-refractivity contribution in [2.75, 3.05) is 18.9 Å². The normalized spacial score (nSPS) is 11.7. The zero-order valence-corrected chi connectivity index (χ0v) is 17.2. The molecule has 0 aromatic heterocycles. The molecule has 1 atom stereocenters. The molecule has 0 bridgehead atoms. The summed E-state index contributed by atoms with van der Waals surface area (Å²) < 4.78 is 0. The monoisotopic (exact) mass is 343 g/mol. The van der Waals surface area contributed by atoms with Gasteiger partial charge in [0.2, 0.25) is 0 Å². The molecule has 2 N–H and O–H groups in total. The van der Waals surface area contributed by atoms with E-state index >= 15 is 0 Å². The van der Waals surface area contributed by atoms with Gasteiger partial charge in [-0.15, -0.1) is 8.58 Å². The van der Waals surface area contributed by atoms with Crippen molar-refractivity contribution in [3.8, 4) is 0 Å². The van der Waals surface area contributed by atoms with Crippen LogP contribution in [0, 0.1) is 0 Å². The number of rotatable bonds is 20. The van der Waals surface area contributed by atoms with Gasteiger partial charge in [-0.3, -0.25) is 0 Å². The lowest BCUT2D eigenvalue weighted by Crippen LogP contribution is -1.98. The van der Waals surface area contributed by atoms with Crippen LogP contribution in [0.4, 0.5) is 0 Å². The predicted octanol–water partition coefficient (Wildman–Crippen LogP) is 7.28. The molecule has 140 valence electrons. The number of nitrogens with two attached hydrogens (primary N) is 1. The van der Waals surface area contributed by atoms with E-state index in [1.54, 1.807) is 0 Å². The zero-order valence-electron chi connectivity index (χ0n) is 16.2. The average Bonchev–Trinajstić information content (AvgIpc) is 2.57. The van der Waals surface area contributed by atoms with Crippen LogP contribution in [0.25, 0.3) is 0 Å². The van der Waals surface area contributed by atoms with E-state index in [4.69, 9.17) is 5.73 Å². The molecule has 0 saturated carbocycles. The molecule has 0 aliphatic heterocycles. The molecular weight excluding hydrogens is 297 g/mol. The number of hydrogen-bond acceptors (Lipinski definition) is 1. The van der Waals surface area contributed by atoms with Gasteiger partial charge in [0.05, 0.1) is 0 Å². The quantitative estimate of drug-likeness (QED) is 0.182. The summed E-state index contributed by atoms with van der Waals surface area (Å²) in [5.41, 5.74) is 5.51. The summed E-state index contributed by atoms with van der Waals surface area (Å²) in [4.78, 5) is 0. The van der Waals surface area contributed by atoms with Crippen LogP contribution in [-0.2, 0) is 0 Å². The van der Waals surface area contributed by atoms with Gasteiger partial charge >= 0.3 is 0 Å². The topological polar surface area (TPSA) is 26.0 Å². The molecule has 0 aliphatic carbocycles. The second-order valence-electron chi connectivity index (χ2n) is 7.20. The lowest BCUT2D eigenvalue weighted by atomic mass is 10.0. The van der Waals surface area contributed by atoms with Crippen LogP contribution in [0.3, 0.4) is 0 Å². The molecule has 0 aromatic carbocycles. The van der Waals surface area contributed by atoms with Crippen molar-refractivity contribution in [2.24, 2.45) is 5.73 Å². The van der Waals surface area contributed by atoms with Gasteiger partial charge in [0.25, 0.3) is 0 Å². The summed E-state index contributed by atoms with van der Waals surface area (Å²) in [7, 11) is 1.17. The molecule has 0 aliphatic rings. The van der Waals surface area contributed by atoms with Crippen molar-refractivity contribution in [2.45, 2.75) is 116 Å². The Morgan fingerprint density at radius 3 is 1.22 bits per heavy atom. The number of hydrogen-bond donors (Lipinski definition) is 1. The maximum Gasteiger partial charge on any atom is -0.00740 e. The number of unbranched alkanes of at least 4 members (excludes halogenated alkanes) is 15. The maximum absolute atomic E-state index is 5.51. The summed E-state index contributed by atoms with van der Waals surface area (Å²) in [6.45, 7) is 3.18. The van der Waals surface area contributed by atoms with Gasteiger partial charge in [-0.1, -0.05) is 103 Å². The SMILES string of the molecule is CCCCCCCCCCCCCCCCCCPCCCN. The third-order valence-corrected chi connectivity index (χ3v) is 6.18. The molecule has 0 fully saturated rings. The summed E-state index contributed by atoms with van der Waals surface area (Å²) in [5.74, 6) is 0. The molecule has 0 spiro atoms. The van der Waals surface area contributed by atoms with Crippen molar-refractivity contribution in [3.05, 3.63) is 0 Å². The fraction of sp³-hybridized carbons (Fsp3) is 1.00. The first kappa shape index (κ1) is 23.4. The van der Waals surface area contributed by atoms with E-state index in [-0.39, 0.29) is 0 Å². The van der Waals surface area contributed by atoms with E-state index in [1.807, 2.05) is 0 Å². The van der Waals surface area contributed by atoms with Crippen molar-refractivity contribution in [1.29, 1.82) is 0 Å². The van der Waals surface area contributed by atoms with Gasteiger partial charge in [0.1, 0.15) is 0 Å². The minimum atomic E-state index is 0.881. The second-order valence-corrected chi connectivity index (χ2v) is 8.70. The van der Waals surface area contributed by atoms with Gasteiger partial charge in [-0.2, -0.15) is 0 Å². The summed E-state index contributed by atoms with van der Waals surface area (Å²) >= 11 is 0. The van der Waals surface area contributed by atoms with Crippen LogP contribution in [0.15, 0.2) is 0 Å². The van der Waals surface area contributed by atoms with E-state index in [1.165, 1.54) is 130 Å². The maximum atomic E-state index is 5.51. The standard InChI is InChI=1S/C21H46NP/c1-2-3-4-5-6-7-8-9-10-11-12-13-14-15-16-17-20-23-21-18-19-22/h23H,2-22H2,1H3. The van der Waals surface area contributed by atoms with Crippen LogP contribution < -0.4 is 5.73 Å². The molecule has 0 saturated heterocycles. The van der Waals surface area contributed by atoms with Crippen LogP contribution in [0.1, 0.15) is 116 Å². The molecule has 23 heavy (non-hydrogen) atoms. The minimum absolute atomic E-state index is 0.881. The Labute approximate surface area is 149 Å². The Hall–Kier alpha value is 0.390. The van der Waals surface area contributed by atoms with Crippen molar-refractivity contribution in [3.63, 3.8) is 0 Å². The molecule has 0 heterocycles. The molecule has 1 nitrogen and oxygen atoms in total. The van der Waals surface area contributed by atoms with Crippen LogP contribution in [0.5, 0.6) is 0 Å². The lowest BCUT2D eigenvalue weighted by Gasteiger charge is -2.04. The fourth-order valence-corrected chi connectivity index (χ4v) is 4.35. The largest absolute Gasteiger partial charge is 0.330 e. The van der Waals surface area contributed by atoms with E-state index in [0.717, 1.165) is 6.54 Å². The molecule has 0 rings (SSSR count). The van der Waals surface area contributed by atoms with Crippen molar-refractivity contribution >= 4 is 8.58 Å². The van der Waals surface area contributed by atoms with E-state index in [9.17, 15) is 0 Å². The Morgan fingerprint density at radius 2 is 0.826 bits per heavy atom. The fourth-order valence-electron chi connectivity index (χ4n) is 3.15.